The van der Waals surface area contributed by atoms with Crippen LogP contribution in [0.5, 0.6) is 0 Å². The van der Waals surface area contributed by atoms with Crippen molar-refractivity contribution in [2.24, 2.45) is 0 Å². The number of carbonyl (C=O) groups excluding carboxylic acids is 1. The van der Waals surface area contributed by atoms with Crippen molar-refractivity contribution in [3.63, 3.8) is 0 Å². The Morgan fingerprint density at radius 3 is 2.60 bits per heavy atom. The molecule has 0 unspecified atom stereocenters. The first kappa shape index (κ1) is 18.5. The van der Waals surface area contributed by atoms with Crippen LogP contribution in [0.2, 0.25) is 0 Å². The Morgan fingerprint density at radius 2 is 1.96 bits per heavy atom. The van der Waals surface area contributed by atoms with Gasteiger partial charge < -0.3 is 5.32 Å². The van der Waals surface area contributed by atoms with Gasteiger partial charge in [-0.25, -0.2) is 32.0 Å². The molecule has 0 atom stereocenters. The molecule has 1 heterocycles. The molecule has 0 radical (unpaired) electrons. The van der Waals surface area contributed by atoms with E-state index in [4.69, 9.17) is 0 Å². The molecule has 0 aliphatic carbocycles. The minimum absolute atomic E-state index is 0.119. The van der Waals surface area contributed by atoms with E-state index in [1.165, 1.54) is 18.6 Å². The number of aromatic nitrogens is 2. The van der Waals surface area contributed by atoms with Crippen LogP contribution in [-0.4, -0.2) is 30.2 Å². The molecule has 2 aromatic rings. The van der Waals surface area contributed by atoms with E-state index in [1.54, 1.807) is 6.92 Å². The fourth-order valence-corrected chi connectivity index (χ4v) is 2.99. The number of nitrogens with one attached hydrogen (secondary N) is 3. The number of anilines is 3. The Hall–Kier alpha value is -2.82. The smallest absolute Gasteiger partial charge is 0.302 e. The van der Waals surface area contributed by atoms with Gasteiger partial charge >= 0.3 is 6.03 Å². The SMILES string of the molecule is CCCS(=O)(=O)Nc1ccc(F)c(NC(=O)Nc2ccncn2)c1F. The maximum atomic E-state index is 14.4. The van der Waals surface area contributed by atoms with Gasteiger partial charge in [-0.2, -0.15) is 0 Å². The second kappa shape index (κ2) is 7.83. The van der Waals surface area contributed by atoms with E-state index in [0.29, 0.717) is 6.42 Å². The van der Waals surface area contributed by atoms with Crippen LogP contribution in [0.15, 0.2) is 30.7 Å². The van der Waals surface area contributed by atoms with E-state index in [0.717, 1.165) is 12.1 Å². The van der Waals surface area contributed by atoms with Crippen molar-refractivity contribution in [1.29, 1.82) is 0 Å². The summed E-state index contributed by atoms with van der Waals surface area (Å²) in [6.07, 6.45) is 2.87. The minimum atomic E-state index is -3.77. The number of sulfonamides is 1. The van der Waals surface area contributed by atoms with E-state index in [-0.39, 0.29) is 11.6 Å². The highest BCUT2D eigenvalue weighted by Crippen LogP contribution is 2.26. The molecule has 134 valence electrons. The first-order valence-electron chi connectivity index (χ1n) is 7.15. The predicted molar refractivity (Wildman–Crippen MR) is 88.7 cm³/mol. The average molecular weight is 371 g/mol. The van der Waals surface area contributed by atoms with E-state index >= 15 is 0 Å². The third-order valence-corrected chi connectivity index (χ3v) is 4.37. The lowest BCUT2D eigenvalue weighted by Crippen LogP contribution is -2.22. The summed E-state index contributed by atoms with van der Waals surface area (Å²) >= 11 is 0. The summed E-state index contributed by atoms with van der Waals surface area (Å²) in [6.45, 7) is 1.64. The van der Waals surface area contributed by atoms with Gasteiger partial charge in [0.1, 0.15) is 23.6 Å². The molecule has 25 heavy (non-hydrogen) atoms. The monoisotopic (exact) mass is 371 g/mol. The summed E-state index contributed by atoms with van der Waals surface area (Å²) in [5.74, 6) is -2.40. The molecular weight excluding hydrogens is 356 g/mol. The fraction of sp³-hybridized carbons (Fsp3) is 0.214. The highest BCUT2D eigenvalue weighted by molar-refractivity contribution is 7.92. The molecule has 0 bridgehead atoms. The zero-order valence-electron chi connectivity index (χ0n) is 13.1. The zero-order valence-corrected chi connectivity index (χ0v) is 13.9. The lowest BCUT2D eigenvalue weighted by Gasteiger charge is -2.13. The molecule has 2 rings (SSSR count). The maximum absolute atomic E-state index is 14.4. The van der Waals surface area contributed by atoms with Gasteiger partial charge in [-0.05, 0) is 24.6 Å². The average Bonchev–Trinajstić information content (AvgIpc) is 2.55. The standard InChI is InChI=1S/C14H15F2N5O3S/c1-2-7-25(23,24)21-10-4-3-9(15)13(12(10)16)20-14(22)19-11-5-6-17-8-18-11/h3-6,8,21H,2,7H2,1H3,(H2,17,18,19,20,22). The van der Waals surface area contributed by atoms with Crippen LogP contribution in [0, 0.1) is 11.6 Å². The number of hydrogen-bond acceptors (Lipinski definition) is 5. The van der Waals surface area contributed by atoms with Crippen LogP contribution in [0.3, 0.4) is 0 Å². The van der Waals surface area contributed by atoms with Crippen molar-refractivity contribution >= 4 is 33.2 Å². The number of amides is 2. The van der Waals surface area contributed by atoms with Crippen LogP contribution in [0.1, 0.15) is 13.3 Å². The fourth-order valence-electron chi connectivity index (χ4n) is 1.86. The molecule has 0 saturated heterocycles. The normalized spacial score (nSPS) is 11.0. The van der Waals surface area contributed by atoms with E-state index in [2.05, 4.69) is 15.3 Å². The van der Waals surface area contributed by atoms with Crippen molar-refractivity contribution in [2.45, 2.75) is 13.3 Å². The second-order valence-corrected chi connectivity index (χ2v) is 6.72. The molecule has 0 fully saturated rings. The first-order valence-corrected chi connectivity index (χ1v) is 8.80. The summed E-state index contributed by atoms with van der Waals surface area (Å²) in [7, 11) is -3.77. The predicted octanol–water partition coefficient (Wildman–Crippen LogP) is 2.55. The summed E-state index contributed by atoms with van der Waals surface area (Å²) in [5.41, 5.74) is -1.25. The second-order valence-electron chi connectivity index (χ2n) is 4.88. The zero-order chi connectivity index (χ0) is 18.4. The van der Waals surface area contributed by atoms with E-state index in [1.807, 2.05) is 10.0 Å². The summed E-state index contributed by atoms with van der Waals surface area (Å²) in [4.78, 5) is 19.2. The molecule has 0 aliphatic heterocycles. The van der Waals surface area contributed by atoms with Crippen molar-refractivity contribution in [3.8, 4) is 0 Å². The highest BCUT2D eigenvalue weighted by atomic mass is 32.2. The van der Waals surface area contributed by atoms with Gasteiger partial charge in [-0.1, -0.05) is 6.92 Å². The number of nitrogens with zero attached hydrogens (tertiary/aromatic N) is 2. The topological polar surface area (TPSA) is 113 Å². The van der Waals surface area contributed by atoms with Crippen LogP contribution in [0.4, 0.5) is 30.8 Å². The number of rotatable bonds is 6. The van der Waals surface area contributed by atoms with Gasteiger partial charge in [0.05, 0.1) is 11.4 Å². The molecule has 0 saturated carbocycles. The van der Waals surface area contributed by atoms with Crippen LogP contribution < -0.4 is 15.4 Å². The Labute approximate surface area is 142 Å². The van der Waals surface area contributed by atoms with Crippen molar-refractivity contribution < 1.29 is 22.0 Å². The molecule has 0 aliphatic rings. The van der Waals surface area contributed by atoms with Gasteiger partial charge in [-0.3, -0.25) is 10.0 Å². The third-order valence-electron chi connectivity index (χ3n) is 2.89. The molecule has 11 heteroatoms. The Kier molecular flexibility index (Phi) is 5.80. The van der Waals surface area contributed by atoms with E-state index in [9.17, 15) is 22.0 Å². The lowest BCUT2D eigenvalue weighted by atomic mass is 10.2. The van der Waals surface area contributed by atoms with Gasteiger partial charge in [0.15, 0.2) is 5.82 Å². The Morgan fingerprint density at radius 1 is 1.20 bits per heavy atom. The van der Waals surface area contributed by atoms with Gasteiger partial charge in [0.25, 0.3) is 0 Å². The van der Waals surface area contributed by atoms with Crippen LogP contribution in [-0.2, 0) is 10.0 Å². The number of benzene rings is 1. The molecule has 1 aromatic carbocycles. The van der Waals surface area contributed by atoms with Crippen molar-refractivity contribution in [3.05, 3.63) is 42.4 Å². The highest BCUT2D eigenvalue weighted by Gasteiger charge is 2.19. The Bertz CT molecular complexity index is 862. The number of hydrogen-bond donors (Lipinski definition) is 3. The van der Waals surface area contributed by atoms with Crippen LogP contribution in [0.25, 0.3) is 0 Å². The van der Waals surface area contributed by atoms with Crippen molar-refractivity contribution in [1.82, 2.24) is 9.97 Å². The molecule has 0 spiro atoms. The maximum Gasteiger partial charge on any atom is 0.325 e. The number of halogens is 2. The van der Waals surface area contributed by atoms with Crippen molar-refractivity contribution in [2.75, 3.05) is 21.1 Å². The summed E-state index contributed by atoms with van der Waals surface area (Å²) < 4.78 is 53.7. The number of carbonyl (C=O) groups is 1. The quantitative estimate of drug-likeness (QED) is 0.722. The van der Waals surface area contributed by atoms with E-state index < -0.39 is 39.1 Å². The molecule has 1 aromatic heterocycles. The molecular formula is C14H15F2N5O3S. The minimum Gasteiger partial charge on any atom is -0.302 e. The van der Waals surface area contributed by atoms with Gasteiger partial charge in [0, 0.05) is 6.20 Å². The van der Waals surface area contributed by atoms with Gasteiger partial charge in [0.2, 0.25) is 10.0 Å². The van der Waals surface area contributed by atoms with Crippen LogP contribution >= 0.6 is 0 Å². The molecule has 2 amide bonds. The van der Waals surface area contributed by atoms with Gasteiger partial charge in [-0.15, -0.1) is 0 Å². The Balaban J connectivity index is 2.20. The molecule has 3 N–H and O–H groups in total. The first-order chi connectivity index (χ1) is 11.8. The number of urea groups is 1. The summed E-state index contributed by atoms with van der Waals surface area (Å²) in [5, 5.41) is 4.25. The summed E-state index contributed by atoms with van der Waals surface area (Å²) in [6, 6.07) is 2.20. The lowest BCUT2D eigenvalue weighted by molar-refractivity contribution is 0.262. The molecule has 8 nitrogen and oxygen atoms in total. The third kappa shape index (κ3) is 5.08. The largest absolute Gasteiger partial charge is 0.325 e.